The Morgan fingerprint density at radius 3 is 2.90 bits per heavy atom. The molecule has 0 aromatic carbocycles. The highest BCUT2D eigenvalue weighted by Crippen LogP contribution is 2.25. The zero-order chi connectivity index (χ0) is 13.9. The minimum atomic E-state index is -0.221. The summed E-state index contributed by atoms with van der Waals surface area (Å²) in [7, 11) is 0. The molecule has 2 heterocycles. The number of aromatic nitrogens is 1. The van der Waals surface area contributed by atoms with Gasteiger partial charge in [-0.3, -0.25) is 10.1 Å². The molecule has 0 unspecified atom stereocenters. The topological polar surface area (TPSA) is 83.1 Å². The number of anilines is 1. The minimum absolute atomic E-state index is 0.0840. The summed E-state index contributed by atoms with van der Waals surface area (Å²) in [5.74, 6) is -0.0840. The Kier molecular flexibility index (Phi) is 3.86. The van der Waals surface area contributed by atoms with Crippen LogP contribution in [0.3, 0.4) is 0 Å². The van der Waals surface area contributed by atoms with Crippen molar-refractivity contribution < 1.29 is 9.59 Å². The smallest absolute Gasteiger partial charge is 0.321 e. The van der Waals surface area contributed by atoms with E-state index in [4.69, 9.17) is 0 Å². The first kappa shape index (κ1) is 13.4. The molecule has 7 heteroatoms. The summed E-state index contributed by atoms with van der Waals surface area (Å²) in [5.41, 5.74) is 0.793. The van der Waals surface area contributed by atoms with Crippen LogP contribution in [0.15, 0.2) is 0 Å². The van der Waals surface area contributed by atoms with E-state index in [0.717, 1.165) is 31.4 Å². The van der Waals surface area contributed by atoms with Gasteiger partial charge < -0.3 is 10.6 Å². The summed E-state index contributed by atoms with van der Waals surface area (Å²) in [4.78, 5) is 28.7. The van der Waals surface area contributed by atoms with E-state index in [9.17, 15) is 9.59 Å². The number of hydrogen-bond acceptors (Lipinski definition) is 4. The average Bonchev–Trinajstić information content (AvgIpc) is 3.01. The molecule has 2 aliphatic rings. The number of fused-ring (bicyclic) bond motifs is 1. The van der Waals surface area contributed by atoms with E-state index < -0.39 is 0 Å². The third kappa shape index (κ3) is 2.92. The van der Waals surface area contributed by atoms with Crippen molar-refractivity contribution in [3.8, 4) is 0 Å². The molecule has 0 saturated heterocycles. The first-order chi connectivity index (χ1) is 9.72. The fourth-order valence-corrected chi connectivity index (χ4v) is 3.60. The number of nitrogens with zero attached hydrogens (tertiary/aromatic N) is 1. The van der Waals surface area contributed by atoms with Gasteiger partial charge in [-0.05, 0) is 25.7 Å². The van der Waals surface area contributed by atoms with E-state index >= 15 is 0 Å². The number of carbonyl (C=O) groups is 2. The molecule has 1 fully saturated rings. The first-order valence-electron chi connectivity index (χ1n) is 7.08. The minimum Gasteiger partial charge on any atom is -0.351 e. The molecule has 3 amide bonds. The van der Waals surface area contributed by atoms with Crippen LogP contribution in [-0.2, 0) is 6.42 Å². The van der Waals surface area contributed by atoms with Gasteiger partial charge in [0.1, 0.15) is 4.88 Å². The highest BCUT2D eigenvalue weighted by atomic mass is 32.1. The van der Waals surface area contributed by atoms with Crippen molar-refractivity contribution in [3.63, 3.8) is 0 Å². The van der Waals surface area contributed by atoms with E-state index in [1.165, 1.54) is 24.2 Å². The van der Waals surface area contributed by atoms with Gasteiger partial charge in [-0.25, -0.2) is 9.78 Å². The van der Waals surface area contributed by atoms with Gasteiger partial charge in [0.05, 0.1) is 5.69 Å². The molecule has 0 spiro atoms. The highest BCUT2D eigenvalue weighted by Gasteiger charge is 2.22. The van der Waals surface area contributed by atoms with Crippen molar-refractivity contribution in [2.24, 2.45) is 0 Å². The number of hydrogen-bond donors (Lipinski definition) is 3. The van der Waals surface area contributed by atoms with Crippen LogP contribution in [0, 0.1) is 0 Å². The third-order valence-corrected chi connectivity index (χ3v) is 4.70. The van der Waals surface area contributed by atoms with Crippen LogP contribution < -0.4 is 16.0 Å². The molecule has 6 nitrogen and oxygen atoms in total. The summed E-state index contributed by atoms with van der Waals surface area (Å²) < 4.78 is 0. The van der Waals surface area contributed by atoms with Gasteiger partial charge >= 0.3 is 6.03 Å². The number of amides is 3. The van der Waals surface area contributed by atoms with Crippen LogP contribution in [0.5, 0.6) is 0 Å². The summed E-state index contributed by atoms with van der Waals surface area (Å²) in [6, 6.07) is 0.0531. The van der Waals surface area contributed by atoms with Crippen LogP contribution in [0.1, 0.15) is 47.5 Å². The Hall–Kier alpha value is -1.63. The summed E-state index contributed by atoms with van der Waals surface area (Å²) in [5, 5.41) is 9.02. The molecule has 1 saturated carbocycles. The zero-order valence-electron chi connectivity index (χ0n) is 11.2. The number of nitrogens with one attached hydrogen (secondary N) is 3. The number of thiazole rings is 1. The summed E-state index contributed by atoms with van der Waals surface area (Å²) >= 11 is 1.25. The third-order valence-electron chi connectivity index (χ3n) is 3.69. The molecule has 1 aliphatic carbocycles. The maximum atomic E-state index is 11.9. The van der Waals surface area contributed by atoms with Gasteiger partial charge in [-0.2, -0.15) is 0 Å². The van der Waals surface area contributed by atoms with E-state index in [1.54, 1.807) is 0 Å². The van der Waals surface area contributed by atoms with Gasteiger partial charge in [0.2, 0.25) is 0 Å². The zero-order valence-corrected chi connectivity index (χ0v) is 12.0. The van der Waals surface area contributed by atoms with E-state index in [2.05, 4.69) is 20.9 Å². The van der Waals surface area contributed by atoms with E-state index in [1.807, 2.05) is 0 Å². The largest absolute Gasteiger partial charge is 0.351 e. The molecule has 1 aliphatic heterocycles. The van der Waals surface area contributed by atoms with Crippen molar-refractivity contribution in [3.05, 3.63) is 10.6 Å². The number of urea groups is 1. The van der Waals surface area contributed by atoms with Gasteiger partial charge in [0.15, 0.2) is 5.13 Å². The molecule has 0 bridgehead atoms. The molecule has 108 valence electrons. The van der Waals surface area contributed by atoms with Crippen LogP contribution in [0.25, 0.3) is 0 Å². The SMILES string of the molecule is O=C(Nc1nc2c(s1)C(=O)NCCC2)NC1CCCC1. The van der Waals surface area contributed by atoms with E-state index in [-0.39, 0.29) is 18.0 Å². The van der Waals surface area contributed by atoms with Gasteiger partial charge in [-0.15, -0.1) is 0 Å². The summed E-state index contributed by atoms with van der Waals surface area (Å²) in [6.45, 7) is 0.687. The van der Waals surface area contributed by atoms with Gasteiger partial charge in [0, 0.05) is 12.6 Å². The lowest BCUT2D eigenvalue weighted by molar-refractivity contribution is 0.0960. The van der Waals surface area contributed by atoms with Crippen molar-refractivity contribution in [1.82, 2.24) is 15.6 Å². The predicted molar refractivity (Wildman–Crippen MR) is 77.2 cm³/mol. The van der Waals surface area contributed by atoms with Crippen LogP contribution in [0.2, 0.25) is 0 Å². The van der Waals surface area contributed by atoms with Gasteiger partial charge in [-0.1, -0.05) is 24.2 Å². The Morgan fingerprint density at radius 1 is 1.30 bits per heavy atom. The van der Waals surface area contributed by atoms with Crippen molar-refractivity contribution in [1.29, 1.82) is 0 Å². The fourth-order valence-electron chi connectivity index (χ4n) is 2.68. The average molecular weight is 294 g/mol. The van der Waals surface area contributed by atoms with Crippen molar-refractivity contribution in [2.75, 3.05) is 11.9 Å². The Balaban J connectivity index is 1.64. The maximum Gasteiger partial charge on any atom is 0.321 e. The van der Waals surface area contributed by atoms with Gasteiger partial charge in [0.25, 0.3) is 5.91 Å². The summed E-state index contributed by atoms with van der Waals surface area (Å²) in [6.07, 6.45) is 6.11. The lowest BCUT2D eigenvalue weighted by Crippen LogP contribution is -2.36. The second kappa shape index (κ2) is 5.78. The first-order valence-corrected chi connectivity index (χ1v) is 7.89. The maximum absolute atomic E-state index is 11.9. The highest BCUT2D eigenvalue weighted by molar-refractivity contribution is 7.17. The van der Waals surface area contributed by atoms with Crippen molar-refractivity contribution in [2.45, 2.75) is 44.6 Å². The Labute approximate surface area is 121 Å². The number of rotatable bonds is 2. The second-order valence-corrected chi connectivity index (χ2v) is 6.23. The molecule has 1 aromatic rings. The molecule has 0 radical (unpaired) electrons. The second-order valence-electron chi connectivity index (χ2n) is 5.23. The Bertz CT molecular complexity index is 522. The van der Waals surface area contributed by atoms with E-state index in [0.29, 0.717) is 16.6 Å². The van der Waals surface area contributed by atoms with Crippen molar-refractivity contribution >= 4 is 28.4 Å². The lowest BCUT2D eigenvalue weighted by atomic mass is 10.2. The molecule has 3 N–H and O–H groups in total. The fraction of sp³-hybridized carbons (Fsp3) is 0.615. The molecule has 1 aromatic heterocycles. The van der Waals surface area contributed by atoms with Crippen LogP contribution in [0.4, 0.5) is 9.93 Å². The molecule has 20 heavy (non-hydrogen) atoms. The predicted octanol–water partition coefficient (Wildman–Crippen LogP) is 1.88. The normalized spacial score (nSPS) is 19.1. The molecular weight excluding hydrogens is 276 g/mol. The lowest BCUT2D eigenvalue weighted by Gasteiger charge is -2.11. The number of aryl methyl sites for hydroxylation is 1. The number of carbonyl (C=O) groups excluding carboxylic acids is 2. The quantitative estimate of drug-likeness (QED) is 0.779. The molecule has 0 atom stereocenters. The van der Waals surface area contributed by atoms with Crippen LogP contribution in [-0.4, -0.2) is 29.5 Å². The molecular formula is C13H18N4O2S. The van der Waals surface area contributed by atoms with Crippen LogP contribution >= 0.6 is 11.3 Å². The Morgan fingerprint density at radius 2 is 2.10 bits per heavy atom. The molecule has 3 rings (SSSR count). The standard InChI is InChI=1S/C13H18N4O2S/c18-11-10-9(6-3-7-14-11)16-13(20-10)17-12(19)15-8-4-1-2-5-8/h8H,1-7H2,(H,14,18)(H2,15,16,17,19). The monoisotopic (exact) mass is 294 g/mol.